The fourth-order valence-electron chi connectivity index (χ4n) is 3.40. The van der Waals surface area contributed by atoms with Gasteiger partial charge in [-0.25, -0.2) is 4.39 Å². The summed E-state index contributed by atoms with van der Waals surface area (Å²) in [4.78, 5) is 2.33. The second-order valence-electron chi connectivity index (χ2n) is 6.24. The van der Waals surface area contributed by atoms with E-state index in [0.29, 0.717) is 6.42 Å². The zero-order valence-corrected chi connectivity index (χ0v) is 13.0. The molecule has 1 aliphatic carbocycles. The molecule has 0 amide bonds. The Morgan fingerprint density at radius 2 is 1.27 bits per heavy atom. The second kappa shape index (κ2) is 7.55. The number of benzene rings is 2. The first-order chi connectivity index (χ1) is 10.8. The summed E-state index contributed by atoms with van der Waals surface area (Å²) in [5, 5.41) is 0. The van der Waals surface area contributed by atoms with Gasteiger partial charge in [0.25, 0.3) is 0 Å². The SMILES string of the molecule is F[C@H]1CCCC[C@@H]1N(Cc1ccccc1)Cc1ccccc1. The van der Waals surface area contributed by atoms with Crippen LogP contribution in [0.5, 0.6) is 0 Å². The zero-order valence-electron chi connectivity index (χ0n) is 13.0. The fraction of sp³-hybridized carbons (Fsp3) is 0.400. The van der Waals surface area contributed by atoms with E-state index in [0.717, 1.165) is 32.4 Å². The molecular formula is C20H24FN. The Kier molecular flexibility index (Phi) is 5.23. The van der Waals surface area contributed by atoms with Gasteiger partial charge in [-0.15, -0.1) is 0 Å². The third-order valence-corrected chi connectivity index (χ3v) is 4.57. The maximum atomic E-state index is 14.5. The lowest BCUT2D eigenvalue weighted by Gasteiger charge is -2.36. The van der Waals surface area contributed by atoms with Gasteiger partial charge < -0.3 is 0 Å². The van der Waals surface area contributed by atoms with Crippen LogP contribution in [-0.2, 0) is 13.1 Å². The van der Waals surface area contributed by atoms with Crippen molar-refractivity contribution in [3.63, 3.8) is 0 Å². The van der Waals surface area contributed by atoms with Crippen LogP contribution in [0.4, 0.5) is 4.39 Å². The number of halogens is 1. The van der Waals surface area contributed by atoms with Crippen molar-refractivity contribution < 1.29 is 4.39 Å². The highest BCUT2D eigenvalue weighted by molar-refractivity contribution is 5.17. The standard InChI is InChI=1S/C20H24FN/c21-19-13-7-8-14-20(19)22(15-17-9-3-1-4-10-17)16-18-11-5-2-6-12-18/h1-6,9-12,19-20H,7-8,13-16H2/t19-,20-/m0/s1. The summed E-state index contributed by atoms with van der Waals surface area (Å²) in [6, 6.07) is 20.9. The molecule has 0 unspecified atom stereocenters. The molecule has 116 valence electrons. The third-order valence-electron chi connectivity index (χ3n) is 4.57. The van der Waals surface area contributed by atoms with E-state index in [9.17, 15) is 4.39 Å². The van der Waals surface area contributed by atoms with Gasteiger partial charge in [-0.05, 0) is 24.0 Å². The summed E-state index contributed by atoms with van der Waals surface area (Å²) in [5.74, 6) is 0. The molecule has 0 spiro atoms. The lowest BCUT2D eigenvalue weighted by atomic mass is 9.91. The van der Waals surface area contributed by atoms with Crippen LogP contribution in [0.25, 0.3) is 0 Å². The maximum Gasteiger partial charge on any atom is 0.116 e. The van der Waals surface area contributed by atoms with E-state index in [1.54, 1.807) is 0 Å². The van der Waals surface area contributed by atoms with Crippen molar-refractivity contribution in [2.45, 2.75) is 51.0 Å². The first-order valence-corrected chi connectivity index (χ1v) is 8.29. The summed E-state index contributed by atoms with van der Waals surface area (Å²) < 4.78 is 14.5. The van der Waals surface area contributed by atoms with Gasteiger partial charge in [0.1, 0.15) is 6.17 Å². The van der Waals surface area contributed by atoms with Gasteiger partial charge in [-0.3, -0.25) is 4.90 Å². The van der Waals surface area contributed by atoms with Gasteiger partial charge in [0.15, 0.2) is 0 Å². The largest absolute Gasteiger partial charge is 0.289 e. The van der Waals surface area contributed by atoms with E-state index in [-0.39, 0.29) is 6.04 Å². The highest BCUT2D eigenvalue weighted by atomic mass is 19.1. The molecule has 3 rings (SSSR count). The number of hydrogen-bond acceptors (Lipinski definition) is 1. The lowest BCUT2D eigenvalue weighted by Crippen LogP contribution is -2.42. The smallest absolute Gasteiger partial charge is 0.116 e. The average molecular weight is 297 g/mol. The number of alkyl halides is 1. The molecule has 0 bridgehead atoms. The summed E-state index contributed by atoms with van der Waals surface area (Å²) in [7, 11) is 0. The summed E-state index contributed by atoms with van der Waals surface area (Å²) >= 11 is 0. The van der Waals surface area contributed by atoms with Crippen LogP contribution in [0.2, 0.25) is 0 Å². The van der Waals surface area contributed by atoms with Crippen LogP contribution in [0, 0.1) is 0 Å². The van der Waals surface area contributed by atoms with Gasteiger partial charge >= 0.3 is 0 Å². The van der Waals surface area contributed by atoms with E-state index in [2.05, 4.69) is 53.4 Å². The molecule has 0 aromatic heterocycles. The van der Waals surface area contributed by atoms with Gasteiger partial charge in [0.05, 0.1) is 0 Å². The normalized spacial score (nSPS) is 21.9. The van der Waals surface area contributed by atoms with Crippen LogP contribution in [-0.4, -0.2) is 17.1 Å². The van der Waals surface area contributed by atoms with Crippen LogP contribution in [0.1, 0.15) is 36.8 Å². The molecule has 2 heteroatoms. The van der Waals surface area contributed by atoms with Gasteiger partial charge in [-0.1, -0.05) is 73.5 Å². The minimum absolute atomic E-state index is 0.0502. The molecule has 0 saturated heterocycles. The van der Waals surface area contributed by atoms with Crippen LogP contribution in [0.3, 0.4) is 0 Å². The maximum absolute atomic E-state index is 14.5. The minimum Gasteiger partial charge on any atom is -0.289 e. The van der Waals surface area contributed by atoms with E-state index in [4.69, 9.17) is 0 Å². The highest BCUT2D eigenvalue weighted by Crippen LogP contribution is 2.28. The molecule has 22 heavy (non-hydrogen) atoms. The van der Waals surface area contributed by atoms with Crippen molar-refractivity contribution in [1.29, 1.82) is 0 Å². The Bertz CT molecular complexity index is 513. The molecule has 1 saturated carbocycles. The molecular weight excluding hydrogens is 273 g/mol. The molecule has 0 heterocycles. The van der Waals surface area contributed by atoms with Gasteiger partial charge in [0, 0.05) is 19.1 Å². The van der Waals surface area contributed by atoms with Gasteiger partial charge in [-0.2, -0.15) is 0 Å². The van der Waals surface area contributed by atoms with Gasteiger partial charge in [0.2, 0.25) is 0 Å². The molecule has 0 radical (unpaired) electrons. The monoisotopic (exact) mass is 297 g/mol. The average Bonchev–Trinajstić information content (AvgIpc) is 2.57. The van der Waals surface area contributed by atoms with Crippen molar-refractivity contribution >= 4 is 0 Å². The Labute approximate surface area is 132 Å². The summed E-state index contributed by atoms with van der Waals surface area (Å²) in [6.45, 7) is 1.64. The second-order valence-corrected chi connectivity index (χ2v) is 6.24. The number of nitrogens with zero attached hydrogens (tertiary/aromatic N) is 1. The predicted molar refractivity (Wildman–Crippen MR) is 89.3 cm³/mol. The first-order valence-electron chi connectivity index (χ1n) is 8.29. The Morgan fingerprint density at radius 3 is 1.77 bits per heavy atom. The Balaban J connectivity index is 1.78. The highest BCUT2D eigenvalue weighted by Gasteiger charge is 2.30. The molecule has 0 N–H and O–H groups in total. The van der Waals surface area contributed by atoms with E-state index in [1.165, 1.54) is 11.1 Å². The Morgan fingerprint density at radius 1 is 0.773 bits per heavy atom. The predicted octanol–water partition coefficient (Wildman–Crippen LogP) is 4.97. The minimum atomic E-state index is -0.693. The Hall–Kier alpha value is -1.67. The number of hydrogen-bond donors (Lipinski definition) is 0. The van der Waals surface area contributed by atoms with Crippen molar-refractivity contribution in [2.24, 2.45) is 0 Å². The first kappa shape index (κ1) is 15.2. The van der Waals surface area contributed by atoms with Crippen molar-refractivity contribution in [1.82, 2.24) is 4.90 Å². The third kappa shape index (κ3) is 3.95. The molecule has 1 fully saturated rings. The zero-order chi connectivity index (χ0) is 15.2. The topological polar surface area (TPSA) is 3.24 Å². The summed E-state index contributed by atoms with van der Waals surface area (Å²) in [5.41, 5.74) is 2.52. The molecule has 1 aliphatic rings. The van der Waals surface area contributed by atoms with Crippen molar-refractivity contribution in [2.75, 3.05) is 0 Å². The molecule has 2 aromatic carbocycles. The van der Waals surface area contributed by atoms with E-state index >= 15 is 0 Å². The van der Waals surface area contributed by atoms with E-state index in [1.807, 2.05) is 12.1 Å². The quantitative estimate of drug-likeness (QED) is 0.753. The van der Waals surface area contributed by atoms with Crippen molar-refractivity contribution in [3.05, 3.63) is 71.8 Å². The lowest BCUT2D eigenvalue weighted by molar-refractivity contribution is 0.0639. The molecule has 2 aromatic rings. The van der Waals surface area contributed by atoms with E-state index < -0.39 is 6.17 Å². The molecule has 2 atom stereocenters. The summed E-state index contributed by atoms with van der Waals surface area (Å²) in [6.07, 6.45) is 3.17. The molecule has 0 aliphatic heterocycles. The number of rotatable bonds is 5. The van der Waals surface area contributed by atoms with Crippen LogP contribution in [0.15, 0.2) is 60.7 Å². The van der Waals surface area contributed by atoms with Crippen LogP contribution >= 0.6 is 0 Å². The fourth-order valence-corrected chi connectivity index (χ4v) is 3.40. The molecule has 1 nitrogen and oxygen atoms in total. The van der Waals surface area contributed by atoms with Crippen LogP contribution < -0.4 is 0 Å². The van der Waals surface area contributed by atoms with Crippen molar-refractivity contribution in [3.8, 4) is 0 Å².